The number of primary amides is 1. The number of methoxy groups -OCH3 is 2. The molecule has 11 atom stereocenters. The highest BCUT2D eigenvalue weighted by Gasteiger charge is 2.44. The third kappa shape index (κ3) is 23.6. The zero-order valence-electron chi connectivity index (χ0n) is 58.5. The van der Waals surface area contributed by atoms with Crippen LogP contribution in [-0.4, -0.2) is 187 Å². The van der Waals surface area contributed by atoms with Gasteiger partial charge in [-0.15, -0.1) is 11.3 Å². The molecule has 2 aromatic rings. The summed E-state index contributed by atoms with van der Waals surface area (Å²) in [5.74, 6) is -4.56. The molecule has 3 aliphatic rings. The van der Waals surface area contributed by atoms with Crippen molar-refractivity contribution in [3.05, 3.63) is 70.2 Å². The monoisotopic (exact) mass is 1340 g/mol. The summed E-state index contributed by atoms with van der Waals surface area (Å²) in [4.78, 5) is 145. The van der Waals surface area contributed by atoms with E-state index in [-0.39, 0.29) is 109 Å². The van der Waals surface area contributed by atoms with E-state index in [1.54, 1.807) is 58.3 Å². The van der Waals surface area contributed by atoms with E-state index in [2.05, 4.69) is 43.0 Å². The Morgan fingerprint density at radius 3 is 2.06 bits per heavy atom. The fourth-order valence-corrected chi connectivity index (χ4v) is 13.9. The van der Waals surface area contributed by atoms with Crippen molar-refractivity contribution in [1.82, 2.24) is 51.2 Å². The van der Waals surface area contributed by atoms with Crippen LogP contribution in [0.15, 0.2) is 59.6 Å². The van der Waals surface area contributed by atoms with Crippen LogP contribution >= 0.6 is 11.3 Å². The van der Waals surface area contributed by atoms with Gasteiger partial charge in [0, 0.05) is 83.3 Å². The number of nitrogens with two attached hydrogens (primary N) is 1. The first-order valence-electron chi connectivity index (χ1n) is 34.3. The summed E-state index contributed by atoms with van der Waals surface area (Å²) >= 11 is 1.52. The SMILES string of the molecule is CC[C@H](C)[C@@H]([C@@H](CC(=O)N1CCC[C@H]1[C@H](OC)[C@@H](C)C(=O)N[C@@H](CC1=CCCCC1)c1nccs1)OC)N(C)C(=O)[C@@H](NC(=O)[C@H](C(C)C)N(C)CCc1ccc(NC(=O)[C@H](CCCNC(N)=O)NC(=O)[C@@H](NC(=O)CCCCCN2C(=O)C=CC2=O)C(C)C)cc1)C(C)C. The van der Waals surface area contributed by atoms with Crippen LogP contribution in [0, 0.1) is 29.6 Å². The molecule has 95 heavy (non-hydrogen) atoms. The number of likely N-dealkylation sites (tertiary alicyclic amines) is 1. The molecule has 1 saturated heterocycles. The number of benzene rings is 1. The highest BCUT2D eigenvalue weighted by atomic mass is 32.1. The number of allylic oxidation sites excluding steroid dienone is 1. The van der Waals surface area contributed by atoms with Crippen molar-refractivity contribution >= 4 is 76.2 Å². The number of imide groups is 1. The molecular formula is C70H110N12O12S. The fourth-order valence-electron chi connectivity index (χ4n) is 13.2. The number of hydrogen-bond acceptors (Lipinski definition) is 15. The van der Waals surface area contributed by atoms with Gasteiger partial charge in [-0.3, -0.25) is 53.0 Å². The maximum absolute atomic E-state index is 14.9. The largest absolute Gasteiger partial charge is 0.379 e. The molecule has 0 unspecified atom stereocenters. The predicted octanol–water partition coefficient (Wildman–Crippen LogP) is 6.95. The third-order valence-corrected chi connectivity index (χ3v) is 19.7. The fraction of sp³-hybridized carbons (Fsp3) is 0.671. The van der Waals surface area contributed by atoms with Crippen molar-refractivity contribution in [2.45, 2.75) is 220 Å². The lowest BCUT2D eigenvalue weighted by Crippen LogP contribution is -2.60. The van der Waals surface area contributed by atoms with Gasteiger partial charge in [0.1, 0.15) is 23.1 Å². The van der Waals surface area contributed by atoms with Gasteiger partial charge in [-0.2, -0.15) is 0 Å². The summed E-state index contributed by atoms with van der Waals surface area (Å²) < 4.78 is 12.3. The Labute approximate surface area is 567 Å². The Bertz CT molecular complexity index is 2900. The number of aromatic nitrogens is 1. The summed E-state index contributed by atoms with van der Waals surface area (Å²) in [5.41, 5.74) is 7.98. The Kier molecular flexibility index (Phi) is 32.4. The first-order valence-corrected chi connectivity index (χ1v) is 35.2. The minimum atomic E-state index is -1.05. The van der Waals surface area contributed by atoms with Gasteiger partial charge in [-0.25, -0.2) is 9.78 Å². The number of amides is 11. The number of nitrogens with one attached hydrogen (secondary N) is 6. The van der Waals surface area contributed by atoms with E-state index in [0.717, 1.165) is 41.2 Å². The smallest absolute Gasteiger partial charge is 0.312 e. The van der Waals surface area contributed by atoms with E-state index < -0.39 is 66.2 Å². The molecule has 3 heterocycles. The molecule has 0 bridgehead atoms. The van der Waals surface area contributed by atoms with Crippen molar-refractivity contribution in [2.75, 3.05) is 59.8 Å². The van der Waals surface area contributed by atoms with Gasteiger partial charge in [-0.1, -0.05) is 98.9 Å². The van der Waals surface area contributed by atoms with Gasteiger partial charge in [0.25, 0.3) is 11.8 Å². The summed E-state index contributed by atoms with van der Waals surface area (Å²) in [6.45, 7) is 18.5. The number of urea groups is 1. The maximum Gasteiger partial charge on any atom is 0.312 e. The van der Waals surface area contributed by atoms with Gasteiger partial charge in [0.15, 0.2) is 0 Å². The van der Waals surface area contributed by atoms with Gasteiger partial charge in [-0.05, 0) is 125 Å². The number of rotatable bonds is 40. The minimum Gasteiger partial charge on any atom is -0.379 e. The zero-order chi connectivity index (χ0) is 70.1. The van der Waals surface area contributed by atoms with E-state index in [1.165, 1.54) is 35.5 Å². The second-order valence-electron chi connectivity index (χ2n) is 26.9. The van der Waals surface area contributed by atoms with Crippen LogP contribution in [0.3, 0.4) is 0 Å². The number of ether oxygens (including phenoxy) is 2. The summed E-state index contributed by atoms with van der Waals surface area (Å²) in [6.07, 6.45) is 15.0. The average molecular weight is 1340 g/mol. The molecule has 2 aliphatic heterocycles. The van der Waals surface area contributed by atoms with Gasteiger partial charge < -0.3 is 56.9 Å². The van der Waals surface area contributed by atoms with Crippen LogP contribution in [0.5, 0.6) is 0 Å². The van der Waals surface area contributed by atoms with E-state index in [4.69, 9.17) is 15.2 Å². The summed E-state index contributed by atoms with van der Waals surface area (Å²) in [6, 6.07) is 1.77. The van der Waals surface area contributed by atoms with Crippen LogP contribution < -0.4 is 37.6 Å². The van der Waals surface area contributed by atoms with E-state index in [0.29, 0.717) is 70.1 Å². The molecule has 0 saturated carbocycles. The maximum atomic E-state index is 14.9. The molecule has 8 N–H and O–H groups in total. The standard InChI is InChI=1S/C70H110N12O12S/c1-14-46(8)62(54(93-12)42-58(86)81-38-22-26-53(81)63(94-13)47(9)64(87)76-52(68-72-36-40-95-68)41-49-23-17-15-18-24-49)80(11)69(91)60(44(4)5)78-67(90)61(45(6)7)79(10)39-34-48-28-30-50(31-29-48)74-65(88)51(25-21-35-73-70(71)92)75-66(89)59(43(2)3)77-55(83)27-19-16-20-37-82-56(84)32-33-57(82)85/h23,28-33,36,40,43-47,51-54,59-63H,14-22,24-27,34-35,37-39,41-42H2,1-13H3,(H,74,88)(H,75,89)(H,76,87)(H,77,83)(H,78,90)(H3,71,73,92)/t46-,47+,51-,52-,53-,54+,59-,60-,61-,62-,63+/m0/s1. The lowest BCUT2D eigenvalue weighted by molar-refractivity contribution is -0.148. The second-order valence-corrected chi connectivity index (χ2v) is 27.9. The Hall–Kier alpha value is -7.09. The zero-order valence-corrected chi connectivity index (χ0v) is 59.4. The number of thiazole rings is 1. The van der Waals surface area contributed by atoms with Gasteiger partial charge >= 0.3 is 6.03 Å². The number of hydrogen-bond donors (Lipinski definition) is 7. The number of carbonyl (C=O) groups is 10. The lowest BCUT2D eigenvalue weighted by Gasteiger charge is -2.41. The number of anilines is 1. The topological polar surface area (TPSA) is 313 Å². The Morgan fingerprint density at radius 2 is 1.47 bits per heavy atom. The van der Waals surface area contributed by atoms with Crippen LogP contribution in [0.4, 0.5) is 10.5 Å². The molecule has 1 aromatic carbocycles. The Balaban J connectivity index is 1.18. The number of carbonyl (C=O) groups excluding carboxylic acids is 10. The quantitative estimate of drug-likeness (QED) is 0.0202. The van der Waals surface area contributed by atoms with Crippen molar-refractivity contribution in [2.24, 2.45) is 35.3 Å². The van der Waals surface area contributed by atoms with Crippen LogP contribution in [0.2, 0.25) is 0 Å². The predicted molar refractivity (Wildman–Crippen MR) is 367 cm³/mol. The van der Waals surface area contributed by atoms with Crippen molar-refractivity contribution in [3.63, 3.8) is 0 Å². The molecule has 24 nitrogen and oxygen atoms in total. The molecule has 1 fully saturated rings. The minimum absolute atomic E-state index is 0.0176. The van der Waals surface area contributed by atoms with Crippen LogP contribution in [0.25, 0.3) is 0 Å². The molecule has 0 radical (unpaired) electrons. The highest BCUT2D eigenvalue weighted by molar-refractivity contribution is 7.09. The van der Waals surface area contributed by atoms with Crippen LogP contribution in [0.1, 0.15) is 175 Å². The average Bonchev–Trinajstić information content (AvgIpc) is 1.81. The first kappa shape index (κ1) is 78.6. The molecule has 5 rings (SSSR count). The second kappa shape index (κ2) is 39.2. The summed E-state index contributed by atoms with van der Waals surface area (Å²) in [7, 11) is 6.74. The molecule has 528 valence electrons. The molecule has 25 heteroatoms. The molecule has 1 aliphatic carbocycles. The van der Waals surface area contributed by atoms with Crippen LogP contribution in [-0.2, 0) is 59.0 Å². The Morgan fingerprint density at radius 1 is 0.779 bits per heavy atom. The number of unbranched alkanes of at least 4 members (excludes halogenated alkanes) is 2. The van der Waals surface area contributed by atoms with E-state index in [1.807, 2.05) is 82.8 Å². The van der Waals surface area contributed by atoms with E-state index >= 15 is 0 Å². The highest BCUT2D eigenvalue weighted by Crippen LogP contribution is 2.33. The third-order valence-electron chi connectivity index (χ3n) is 18.8. The molecule has 11 amide bonds. The first-order chi connectivity index (χ1) is 45.2. The molecule has 0 spiro atoms. The van der Waals surface area contributed by atoms with Crippen molar-refractivity contribution in [3.8, 4) is 0 Å². The lowest BCUT2D eigenvalue weighted by atomic mass is 9.89. The van der Waals surface area contributed by atoms with Gasteiger partial charge in [0.2, 0.25) is 41.4 Å². The number of nitrogens with zero attached hydrogens (tertiary/aromatic N) is 5. The number of likely N-dealkylation sites (N-methyl/N-ethyl adjacent to an activating group) is 2. The van der Waals surface area contributed by atoms with E-state index in [9.17, 15) is 47.9 Å². The van der Waals surface area contributed by atoms with Gasteiger partial charge in [0.05, 0.1) is 48.7 Å². The van der Waals surface area contributed by atoms with Crippen molar-refractivity contribution in [1.29, 1.82) is 0 Å². The molecular weight excluding hydrogens is 1230 g/mol. The van der Waals surface area contributed by atoms with Crippen molar-refractivity contribution < 1.29 is 57.4 Å². The summed E-state index contributed by atoms with van der Waals surface area (Å²) in [5, 5.41) is 20.2. The molecule has 1 aromatic heterocycles. The normalized spacial score (nSPS) is 18.1.